The van der Waals surface area contributed by atoms with Crippen molar-refractivity contribution >= 4 is 51.4 Å². The lowest BCUT2D eigenvalue weighted by Gasteiger charge is -2.33. The summed E-state index contributed by atoms with van der Waals surface area (Å²) in [5.74, 6) is 0.728. The van der Waals surface area contributed by atoms with Gasteiger partial charge in [-0.15, -0.1) is 11.3 Å². The van der Waals surface area contributed by atoms with E-state index in [1.807, 2.05) is 30.1 Å². The summed E-state index contributed by atoms with van der Waals surface area (Å²) in [5, 5.41) is 10.2. The van der Waals surface area contributed by atoms with E-state index < -0.39 is 0 Å². The van der Waals surface area contributed by atoms with Crippen molar-refractivity contribution in [1.82, 2.24) is 19.2 Å². The quantitative estimate of drug-likeness (QED) is 0.314. The molecule has 0 unspecified atom stereocenters. The van der Waals surface area contributed by atoms with Crippen molar-refractivity contribution in [2.24, 2.45) is 0 Å². The minimum atomic E-state index is 0.589. The molecule has 0 atom stereocenters. The number of benzene rings is 1. The first kappa shape index (κ1) is 22.5. The number of hydrogen-bond acceptors (Lipinski definition) is 10. The summed E-state index contributed by atoms with van der Waals surface area (Å²) in [4.78, 5) is 14.8. The molecule has 3 N–H and O–H groups in total. The van der Waals surface area contributed by atoms with E-state index in [1.54, 1.807) is 11.3 Å². The Balaban J connectivity index is 1.58. The fraction of sp³-hybridized carbons (Fsp3) is 0.435. The zero-order valence-electron chi connectivity index (χ0n) is 18.8. The number of rotatable bonds is 6. The Morgan fingerprint density at radius 1 is 1.15 bits per heavy atom. The van der Waals surface area contributed by atoms with Crippen LogP contribution in [0.2, 0.25) is 0 Å². The maximum atomic E-state index is 7.96. The van der Waals surface area contributed by atoms with Crippen LogP contribution < -0.4 is 10.6 Å². The van der Waals surface area contributed by atoms with Crippen LogP contribution >= 0.6 is 23.3 Å². The Morgan fingerprint density at radius 3 is 2.67 bits per heavy atom. The van der Waals surface area contributed by atoms with Crippen LogP contribution in [0.25, 0.3) is 21.5 Å². The lowest BCUT2D eigenvalue weighted by Crippen LogP contribution is -2.42. The van der Waals surface area contributed by atoms with Crippen LogP contribution in [0.15, 0.2) is 23.6 Å². The zero-order valence-corrected chi connectivity index (χ0v) is 20.4. The summed E-state index contributed by atoms with van der Waals surface area (Å²) < 4.78 is 9.02. The number of morpholine rings is 1. The average molecular weight is 484 g/mol. The van der Waals surface area contributed by atoms with Crippen molar-refractivity contribution in [1.29, 1.82) is 5.41 Å². The van der Waals surface area contributed by atoms with Gasteiger partial charge in [-0.2, -0.15) is 0 Å². The largest absolute Gasteiger partial charge is 0.398 e. The molecule has 0 saturated carbocycles. The Bertz CT molecular complexity index is 1140. The molecule has 5 rings (SSSR count). The van der Waals surface area contributed by atoms with Crippen LogP contribution in [0.3, 0.4) is 0 Å². The van der Waals surface area contributed by atoms with E-state index in [4.69, 9.17) is 25.8 Å². The molecule has 0 radical (unpaired) electrons. The first-order valence-corrected chi connectivity index (χ1v) is 13.3. The normalized spacial score (nSPS) is 18.2. The second-order valence-electron chi connectivity index (χ2n) is 8.25. The van der Waals surface area contributed by atoms with E-state index in [0.717, 1.165) is 73.2 Å². The van der Waals surface area contributed by atoms with Crippen molar-refractivity contribution < 1.29 is 4.74 Å². The molecular weight excluding hydrogens is 454 g/mol. The number of piperazine rings is 1. The molecule has 0 bridgehead atoms. The third-order valence-corrected chi connectivity index (χ3v) is 8.20. The van der Waals surface area contributed by atoms with Crippen molar-refractivity contribution in [3.63, 3.8) is 0 Å². The van der Waals surface area contributed by atoms with Gasteiger partial charge in [-0.05, 0) is 17.7 Å². The Hall–Kier alpha value is -2.24. The minimum Gasteiger partial charge on any atom is -0.398 e. The highest BCUT2D eigenvalue weighted by Crippen LogP contribution is 2.37. The zero-order chi connectivity index (χ0) is 22.8. The second-order valence-corrected chi connectivity index (χ2v) is 10.0. The van der Waals surface area contributed by atoms with E-state index >= 15 is 0 Å². The number of nitrogens with two attached hydrogens (primary N) is 1. The Labute approximate surface area is 202 Å². The SMILES string of the molecule is CSN1CCN(Cc2csc3c(-c4cccc(N)c4C=N)nc(N4CCOCC4)nc23)CC1. The molecule has 0 aliphatic carbocycles. The van der Waals surface area contributed by atoms with Gasteiger partial charge in [0.25, 0.3) is 0 Å². The molecule has 2 aliphatic heterocycles. The summed E-state index contributed by atoms with van der Waals surface area (Å²) in [6.07, 6.45) is 3.47. The van der Waals surface area contributed by atoms with Crippen LogP contribution in [0, 0.1) is 5.41 Å². The Morgan fingerprint density at radius 2 is 1.94 bits per heavy atom. The molecule has 0 spiro atoms. The number of ether oxygens (including phenoxy) is 1. The maximum Gasteiger partial charge on any atom is 0.226 e. The molecule has 2 aromatic heterocycles. The van der Waals surface area contributed by atoms with Crippen LogP contribution in [-0.2, 0) is 11.3 Å². The van der Waals surface area contributed by atoms with Crippen LogP contribution in [-0.4, -0.2) is 84.1 Å². The lowest BCUT2D eigenvalue weighted by molar-refractivity contribution is 0.122. The van der Waals surface area contributed by atoms with E-state index in [0.29, 0.717) is 24.5 Å². The molecule has 2 aliphatic rings. The van der Waals surface area contributed by atoms with Crippen molar-refractivity contribution in [2.45, 2.75) is 6.54 Å². The highest BCUT2D eigenvalue weighted by molar-refractivity contribution is 7.96. The predicted molar refractivity (Wildman–Crippen MR) is 139 cm³/mol. The molecular formula is C23H29N7OS2. The fourth-order valence-corrected chi connectivity index (χ4v) is 5.95. The smallest absolute Gasteiger partial charge is 0.226 e. The maximum absolute atomic E-state index is 7.96. The summed E-state index contributed by atoms with van der Waals surface area (Å²) in [5.41, 5.74) is 11.5. The molecule has 8 nitrogen and oxygen atoms in total. The van der Waals surface area contributed by atoms with Gasteiger partial charge in [0, 0.05) is 74.4 Å². The van der Waals surface area contributed by atoms with Gasteiger partial charge < -0.3 is 20.8 Å². The molecule has 0 amide bonds. The number of hydrogen-bond donors (Lipinski definition) is 2. The minimum absolute atomic E-state index is 0.589. The first-order chi connectivity index (χ1) is 16.2. The highest BCUT2D eigenvalue weighted by atomic mass is 32.2. The summed E-state index contributed by atoms with van der Waals surface area (Å²) in [6.45, 7) is 8.05. The highest BCUT2D eigenvalue weighted by Gasteiger charge is 2.23. The number of aromatic nitrogens is 2. The van der Waals surface area contributed by atoms with Gasteiger partial charge in [0.2, 0.25) is 5.95 Å². The van der Waals surface area contributed by atoms with Gasteiger partial charge in [-0.3, -0.25) is 4.90 Å². The molecule has 33 heavy (non-hydrogen) atoms. The van der Waals surface area contributed by atoms with Gasteiger partial charge in [-0.25, -0.2) is 14.3 Å². The Kier molecular flexibility index (Phi) is 6.79. The van der Waals surface area contributed by atoms with Crippen LogP contribution in [0.1, 0.15) is 11.1 Å². The van der Waals surface area contributed by atoms with E-state index in [9.17, 15) is 0 Å². The van der Waals surface area contributed by atoms with Crippen molar-refractivity contribution in [3.05, 3.63) is 34.7 Å². The fourth-order valence-electron chi connectivity index (χ4n) is 4.42. The van der Waals surface area contributed by atoms with Crippen molar-refractivity contribution in [3.8, 4) is 11.3 Å². The summed E-state index contributed by atoms with van der Waals surface area (Å²) in [7, 11) is 0. The van der Waals surface area contributed by atoms with Gasteiger partial charge in [-0.1, -0.05) is 24.1 Å². The van der Waals surface area contributed by atoms with Gasteiger partial charge >= 0.3 is 0 Å². The molecule has 174 valence electrons. The third kappa shape index (κ3) is 4.58. The van der Waals surface area contributed by atoms with Gasteiger partial charge in [0.05, 0.1) is 29.1 Å². The molecule has 3 aromatic rings. The first-order valence-electron chi connectivity index (χ1n) is 11.2. The molecule has 10 heteroatoms. The molecule has 2 fully saturated rings. The lowest BCUT2D eigenvalue weighted by atomic mass is 10.0. The summed E-state index contributed by atoms with van der Waals surface area (Å²) in [6, 6.07) is 5.77. The second kappa shape index (κ2) is 9.94. The topological polar surface area (TPSA) is 94.6 Å². The average Bonchev–Trinajstić information content (AvgIpc) is 3.27. The third-order valence-electron chi connectivity index (χ3n) is 6.29. The van der Waals surface area contributed by atoms with E-state index in [-0.39, 0.29) is 0 Å². The standard InChI is InChI=1S/C23H29N7OS2/c1-32-30-7-5-28(6-8-30)14-16-15-33-22-20(16)26-23(29-9-11-31-12-10-29)27-21(22)17-3-2-4-19(25)18(17)13-24/h2-4,13,15,24H,5-12,14,25H2,1H3. The number of anilines is 2. The van der Waals surface area contributed by atoms with E-state index in [1.165, 1.54) is 11.8 Å². The molecule has 4 heterocycles. The van der Waals surface area contributed by atoms with Crippen LogP contribution in [0.5, 0.6) is 0 Å². The van der Waals surface area contributed by atoms with Gasteiger partial charge in [0.1, 0.15) is 0 Å². The van der Waals surface area contributed by atoms with Crippen molar-refractivity contribution in [2.75, 3.05) is 69.4 Å². The molecule has 2 saturated heterocycles. The summed E-state index contributed by atoms with van der Waals surface area (Å²) >= 11 is 3.51. The van der Waals surface area contributed by atoms with E-state index in [2.05, 4.69) is 25.7 Å². The van der Waals surface area contributed by atoms with Gasteiger partial charge in [0.15, 0.2) is 0 Å². The number of nitrogen functional groups attached to an aromatic ring is 1. The number of nitrogens with one attached hydrogen (secondary N) is 1. The van der Waals surface area contributed by atoms with Crippen LogP contribution in [0.4, 0.5) is 11.6 Å². The number of fused-ring (bicyclic) bond motifs is 1. The predicted octanol–water partition coefficient (Wildman–Crippen LogP) is 3.17. The number of nitrogens with zero attached hydrogens (tertiary/aromatic N) is 5. The molecule has 1 aromatic carbocycles. The number of thiophene rings is 1. The monoisotopic (exact) mass is 483 g/mol.